The second kappa shape index (κ2) is 5.71. The Kier molecular flexibility index (Phi) is 4.16. The Morgan fingerprint density at radius 2 is 1.90 bits per heavy atom. The molecule has 112 valence electrons. The highest BCUT2D eigenvalue weighted by molar-refractivity contribution is 5.61. The van der Waals surface area contributed by atoms with E-state index in [0.29, 0.717) is 12.1 Å². The molecule has 0 aliphatic carbocycles. The molecule has 0 bridgehead atoms. The van der Waals surface area contributed by atoms with E-state index in [0.717, 1.165) is 6.07 Å². The van der Waals surface area contributed by atoms with Crippen molar-refractivity contribution in [2.24, 2.45) is 5.92 Å². The van der Waals surface area contributed by atoms with Crippen molar-refractivity contribution in [3.05, 3.63) is 51.9 Å². The van der Waals surface area contributed by atoms with E-state index in [1.165, 1.54) is 24.3 Å². The van der Waals surface area contributed by atoms with Crippen molar-refractivity contribution in [2.75, 3.05) is 0 Å². The Morgan fingerprint density at radius 3 is 2.52 bits per heavy atom. The summed E-state index contributed by atoms with van der Waals surface area (Å²) in [4.78, 5) is 18.2. The predicted octanol–water partition coefficient (Wildman–Crippen LogP) is 3.65. The highest BCUT2D eigenvalue weighted by atomic mass is 19.4. The Labute approximate surface area is 119 Å². The summed E-state index contributed by atoms with van der Waals surface area (Å²) in [5, 5.41) is 0. The first kappa shape index (κ1) is 15.3. The summed E-state index contributed by atoms with van der Waals surface area (Å²) in [5.74, 6) is 0.205. The van der Waals surface area contributed by atoms with E-state index in [1.807, 2.05) is 13.8 Å². The number of aromatic amines is 1. The van der Waals surface area contributed by atoms with Gasteiger partial charge in [-0.2, -0.15) is 13.2 Å². The molecule has 1 aromatic carbocycles. The number of aromatic nitrogens is 2. The van der Waals surface area contributed by atoms with Gasteiger partial charge in [0.05, 0.1) is 5.56 Å². The van der Waals surface area contributed by atoms with Crippen molar-refractivity contribution in [2.45, 2.75) is 26.4 Å². The van der Waals surface area contributed by atoms with Crippen LogP contribution in [-0.2, 0) is 12.6 Å². The van der Waals surface area contributed by atoms with Gasteiger partial charge in [0.2, 0.25) is 0 Å². The van der Waals surface area contributed by atoms with Gasteiger partial charge in [-0.15, -0.1) is 0 Å². The van der Waals surface area contributed by atoms with Crippen LogP contribution in [0.2, 0.25) is 0 Å². The van der Waals surface area contributed by atoms with Crippen LogP contribution in [0, 0.1) is 5.92 Å². The second-order valence-corrected chi connectivity index (χ2v) is 5.23. The third-order valence-electron chi connectivity index (χ3n) is 2.90. The Bertz CT molecular complexity index is 690. The zero-order valence-electron chi connectivity index (χ0n) is 11.7. The van der Waals surface area contributed by atoms with Crippen molar-refractivity contribution >= 4 is 0 Å². The standard InChI is InChI=1S/C15H15F3N2O/c1-9(2)7-10-8-13(21)20-14(19-10)11-5-3-4-6-12(11)15(16,17)18/h3-6,8-9H,7H2,1-2H3,(H,19,20,21). The summed E-state index contributed by atoms with van der Waals surface area (Å²) in [6, 6.07) is 6.40. The van der Waals surface area contributed by atoms with E-state index in [-0.39, 0.29) is 17.3 Å². The molecule has 0 spiro atoms. The molecule has 0 aliphatic rings. The first-order valence-electron chi connectivity index (χ1n) is 6.54. The summed E-state index contributed by atoms with van der Waals surface area (Å²) in [6.07, 6.45) is -3.96. The molecular weight excluding hydrogens is 281 g/mol. The van der Waals surface area contributed by atoms with Gasteiger partial charge in [0.25, 0.3) is 5.56 Å². The van der Waals surface area contributed by atoms with E-state index in [9.17, 15) is 18.0 Å². The van der Waals surface area contributed by atoms with Gasteiger partial charge in [0.1, 0.15) is 5.82 Å². The van der Waals surface area contributed by atoms with Crippen LogP contribution in [0.15, 0.2) is 35.1 Å². The highest BCUT2D eigenvalue weighted by Crippen LogP contribution is 2.35. The van der Waals surface area contributed by atoms with Crippen LogP contribution in [0.3, 0.4) is 0 Å². The van der Waals surface area contributed by atoms with Crippen LogP contribution in [0.1, 0.15) is 25.1 Å². The molecule has 1 N–H and O–H groups in total. The van der Waals surface area contributed by atoms with Gasteiger partial charge in [0.15, 0.2) is 0 Å². The molecule has 1 heterocycles. The molecule has 0 amide bonds. The highest BCUT2D eigenvalue weighted by Gasteiger charge is 2.33. The van der Waals surface area contributed by atoms with Crippen LogP contribution in [0.4, 0.5) is 13.2 Å². The molecule has 3 nitrogen and oxygen atoms in total. The van der Waals surface area contributed by atoms with Crippen molar-refractivity contribution < 1.29 is 13.2 Å². The van der Waals surface area contributed by atoms with E-state index in [4.69, 9.17) is 0 Å². The lowest BCUT2D eigenvalue weighted by atomic mass is 10.1. The normalized spacial score (nSPS) is 11.9. The lowest BCUT2D eigenvalue weighted by molar-refractivity contribution is -0.137. The molecule has 0 unspecified atom stereocenters. The maximum atomic E-state index is 13.0. The number of hydrogen-bond acceptors (Lipinski definition) is 2. The third kappa shape index (κ3) is 3.71. The number of H-pyrrole nitrogens is 1. The molecule has 0 radical (unpaired) electrons. The van der Waals surface area contributed by atoms with Gasteiger partial charge < -0.3 is 4.98 Å². The number of nitrogens with one attached hydrogen (secondary N) is 1. The summed E-state index contributed by atoms with van der Waals surface area (Å²) < 4.78 is 39.1. The number of rotatable bonds is 3. The number of nitrogens with zero attached hydrogens (tertiary/aromatic N) is 1. The smallest absolute Gasteiger partial charge is 0.307 e. The van der Waals surface area contributed by atoms with Gasteiger partial charge in [-0.1, -0.05) is 32.0 Å². The lowest BCUT2D eigenvalue weighted by Crippen LogP contribution is -2.14. The minimum Gasteiger partial charge on any atom is -0.307 e. The molecule has 0 aliphatic heterocycles. The maximum absolute atomic E-state index is 13.0. The van der Waals surface area contributed by atoms with E-state index >= 15 is 0 Å². The Balaban J connectivity index is 2.57. The van der Waals surface area contributed by atoms with Gasteiger partial charge in [-0.3, -0.25) is 4.79 Å². The van der Waals surface area contributed by atoms with Gasteiger partial charge in [-0.25, -0.2) is 4.98 Å². The summed E-state index contributed by atoms with van der Waals surface area (Å²) in [5.41, 5.74) is -0.893. The van der Waals surface area contributed by atoms with E-state index < -0.39 is 17.3 Å². The molecule has 1 aromatic heterocycles. The topological polar surface area (TPSA) is 45.8 Å². The van der Waals surface area contributed by atoms with E-state index in [1.54, 1.807) is 0 Å². The Morgan fingerprint density at radius 1 is 1.24 bits per heavy atom. The molecule has 2 aromatic rings. The fraction of sp³-hybridized carbons (Fsp3) is 0.333. The van der Waals surface area contributed by atoms with Gasteiger partial charge >= 0.3 is 6.18 Å². The second-order valence-electron chi connectivity index (χ2n) is 5.23. The SMILES string of the molecule is CC(C)Cc1cc(=O)[nH]c(-c2ccccc2C(F)(F)F)n1. The van der Waals surface area contributed by atoms with Gasteiger partial charge in [0, 0.05) is 17.3 Å². The van der Waals surface area contributed by atoms with Crippen LogP contribution in [-0.4, -0.2) is 9.97 Å². The van der Waals surface area contributed by atoms with E-state index in [2.05, 4.69) is 9.97 Å². The Hall–Kier alpha value is -2.11. The molecule has 6 heteroatoms. The molecule has 2 rings (SSSR count). The molecule has 0 atom stereocenters. The average Bonchev–Trinajstić information content (AvgIpc) is 2.36. The van der Waals surface area contributed by atoms with Crippen molar-refractivity contribution in [3.63, 3.8) is 0 Å². The predicted molar refractivity (Wildman–Crippen MR) is 73.8 cm³/mol. The third-order valence-corrected chi connectivity index (χ3v) is 2.90. The van der Waals surface area contributed by atoms with Crippen LogP contribution < -0.4 is 5.56 Å². The lowest BCUT2D eigenvalue weighted by Gasteiger charge is -2.13. The number of alkyl halides is 3. The number of benzene rings is 1. The molecule has 0 saturated heterocycles. The van der Waals surface area contributed by atoms with Gasteiger partial charge in [-0.05, 0) is 18.4 Å². The summed E-state index contributed by atoms with van der Waals surface area (Å²) in [6.45, 7) is 3.90. The first-order valence-corrected chi connectivity index (χ1v) is 6.54. The largest absolute Gasteiger partial charge is 0.417 e. The molecule has 21 heavy (non-hydrogen) atoms. The zero-order chi connectivity index (χ0) is 15.6. The van der Waals surface area contributed by atoms with Crippen LogP contribution in [0.5, 0.6) is 0 Å². The average molecular weight is 296 g/mol. The molecule has 0 fully saturated rings. The zero-order valence-corrected chi connectivity index (χ0v) is 11.7. The van der Waals surface area contributed by atoms with Crippen molar-refractivity contribution in [1.29, 1.82) is 0 Å². The first-order chi connectivity index (χ1) is 9.77. The minimum absolute atomic E-state index is 0.0499. The summed E-state index contributed by atoms with van der Waals surface area (Å²) >= 11 is 0. The quantitative estimate of drug-likeness (QED) is 0.939. The van der Waals surface area contributed by atoms with Crippen molar-refractivity contribution in [3.8, 4) is 11.4 Å². The summed E-state index contributed by atoms with van der Waals surface area (Å²) in [7, 11) is 0. The molecule has 0 saturated carbocycles. The number of halogens is 3. The minimum atomic E-state index is -4.50. The maximum Gasteiger partial charge on any atom is 0.417 e. The fourth-order valence-electron chi connectivity index (χ4n) is 2.10. The monoisotopic (exact) mass is 296 g/mol. The van der Waals surface area contributed by atoms with Crippen molar-refractivity contribution in [1.82, 2.24) is 9.97 Å². The number of hydrogen-bond donors (Lipinski definition) is 1. The fourth-order valence-corrected chi connectivity index (χ4v) is 2.10. The van der Waals surface area contributed by atoms with Crippen LogP contribution in [0.25, 0.3) is 11.4 Å². The van der Waals surface area contributed by atoms with Crippen LogP contribution >= 0.6 is 0 Å². The molecular formula is C15H15F3N2O.